The molecule has 1 aliphatic rings. The highest BCUT2D eigenvalue weighted by molar-refractivity contribution is 6.30. The van der Waals surface area contributed by atoms with E-state index >= 15 is 0 Å². The van der Waals surface area contributed by atoms with Crippen molar-refractivity contribution < 1.29 is 9.59 Å². The lowest BCUT2D eigenvalue weighted by Crippen LogP contribution is -2.38. The minimum absolute atomic E-state index is 0. The lowest BCUT2D eigenvalue weighted by atomic mass is 10.1. The average Bonchev–Trinajstić information content (AvgIpc) is 2.89. The van der Waals surface area contributed by atoms with Gasteiger partial charge in [0.1, 0.15) is 0 Å². The van der Waals surface area contributed by atoms with Crippen LogP contribution in [0, 0.1) is 0 Å². The Bertz CT molecular complexity index is 796. The van der Waals surface area contributed by atoms with Crippen LogP contribution in [0.1, 0.15) is 22.3 Å². The standard InChI is InChI=1S/C20H22ClN3O2.ClH/c21-17-4-1-3-16(14-17)20(26)24-10-2-9-23(11-12-24)19(25)13-15-5-7-18(22)8-6-15;/h1,3-8,14H,2,9-13,22H2;1H. The molecule has 0 spiro atoms. The van der Waals surface area contributed by atoms with E-state index in [9.17, 15) is 9.59 Å². The normalized spacial score (nSPS) is 14.3. The van der Waals surface area contributed by atoms with E-state index in [1.165, 1.54) is 0 Å². The number of carbonyl (C=O) groups is 2. The van der Waals surface area contributed by atoms with Crippen molar-refractivity contribution in [3.05, 3.63) is 64.7 Å². The summed E-state index contributed by atoms with van der Waals surface area (Å²) in [6, 6.07) is 14.3. The first-order valence-corrected chi connectivity index (χ1v) is 9.08. The van der Waals surface area contributed by atoms with Crippen LogP contribution < -0.4 is 5.73 Å². The molecule has 2 aromatic rings. The first kappa shape index (κ1) is 21.1. The summed E-state index contributed by atoms with van der Waals surface area (Å²) in [5.41, 5.74) is 7.89. The third-order valence-electron chi connectivity index (χ3n) is 4.54. The third kappa shape index (κ3) is 5.62. The van der Waals surface area contributed by atoms with Gasteiger partial charge in [0.25, 0.3) is 5.91 Å². The molecule has 1 fully saturated rings. The molecule has 2 N–H and O–H groups in total. The Morgan fingerprint density at radius 1 is 0.963 bits per heavy atom. The molecule has 144 valence electrons. The van der Waals surface area contributed by atoms with Gasteiger partial charge in [0, 0.05) is 42.5 Å². The topological polar surface area (TPSA) is 66.6 Å². The molecule has 0 aliphatic carbocycles. The summed E-state index contributed by atoms with van der Waals surface area (Å²) >= 11 is 5.98. The molecule has 0 aromatic heterocycles. The van der Waals surface area contributed by atoms with Crippen molar-refractivity contribution in [2.24, 2.45) is 0 Å². The number of nitrogens with zero attached hydrogens (tertiary/aromatic N) is 2. The van der Waals surface area contributed by atoms with E-state index in [-0.39, 0.29) is 24.2 Å². The Morgan fingerprint density at radius 2 is 1.63 bits per heavy atom. The van der Waals surface area contributed by atoms with E-state index in [1.807, 2.05) is 17.0 Å². The molecule has 3 rings (SSSR count). The highest BCUT2D eigenvalue weighted by Crippen LogP contribution is 2.15. The molecule has 0 unspecified atom stereocenters. The largest absolute Gasteiger partial charge is 0.399 e. The van der Waals surface area contributed by atoms with Crippen LogP contribution >= 0.6 is 24.0 Å². The molecular formula is C20H23Cl2N3O2. The van der Waals surface area contributed by atoms with E-state index in [2.05, 4.69) is 0 Å². The van der Waals surface area contributed by atoms with Crippen molar-refractivity contribution in [2.75, 3.05) is 31.9 Å². The summed E-state index contributed by atoms with van der Waals surface area (Å²) in [7, 11) is 0. The smallest absolute Gasteiger partial charge is 0.253 e. The molecule has 27 heavy (non-hydrogen) atoms. The number of nitrogen functional groups attached to an aromatic ring is 1. The summed E-state index contributed by atoms with van der Waals surface area (Å²) < 4.78 is 0. The van der Waals surface area contributed by atoms with Crippen LogP contribution in [-0.4, -0.2) is 47.8 Å². The van der Waals surface area contributed by atoms with Crippen molar-refractivity contribution in [1.82, 2.24) is 9.80 Å². The molecule has 0 atom stereocenters. The number of amides is 2. The fraction of sp³-hybridized carbons (Fsp3) is 0.300. The predicted molar refractivity (Wildman–Crippen MR) is 110 cm³/mol. The van der Waals surface area contributed by atoms with Crippen molar-refractivity contribution in [1.29, 1.82) is 0 Å². The van der Waals surface area contributed by atoms with Crippen molar-refractivity contribution in [2.45, 2.75) is 12.8 Å². The van der Waals surface area contributed by atoms with Gasteiger partial charge in [-0.15, -0.1) is 12.4 Å². The maximum atomic E-state index is 12.7. The van der Waals surface area contributed by atoms with Crippen LogP contribution in [0.3, 0.4) is 0 Å². The molecular weight excluding hydrogens is 385 g/mol. The molecule has 0 saturated carbocycles. The van der Waals surface area contributed by atoms with Gasteiger partial charge in [0.15, 0.2) is 0 Å². The van der Waals surface area contributed by atoms with E-state index in [0.717, 1.165) is 12.0 Å². The van der Waals surface area contributed by atoms with Crippen LogP contribution in [-0.2, 0) is 11.2 Å². The lowest BCUT2D eigenvalue weighted by molar-refractivity contribution is -0.130. The molecule has 7 heteroatoms. The fourth-order valence-electron chi connectivity index (χ4n) is 3.10. The van der Waals surface area contributed by atoms with Gasteiger partial charge < -0.3 is 15.5 Å². The second-order valence-corrected chi connectivity index (χ2v) is 6.89. The zero-order chi connectivity index (χ0) is 18.5. The molecule has 5 nitrogen and oxygen atoms in total. The van der Waals surface area contributed by atoms with Crippen molar-refractivity contribution in [3.63, 3.8) is 0 Å². The SMILES string of the molecule is Cl.Nc1ccc(CC(=O)N2CCCN(C(=O)c3cccc(Cl)c3)CC2)cc1. The maximum absolute atomic E-state index is 12.7. The molecule has 1 heterocycles. The number of benzene rings is 2. The Kier molecular flexibility index (Phi) is 7.51. The van der Waals surface area contributed by atoms with Gasteiger partial charge >= 0.3 is 0 Å². The first-order valence-electron chi connectivity index (χ1n) is 8.70. The van der Waals surface area contributed by atoms with Crippen LogP contribution in [0.5, 0.6) is 0 Å². The average molecular weight is 408 g/mol. The van der Waals surface area contributed by atoms with E-state index in [0.29, 0.717) is 48.9 Å². The fourth-order valence-corrected chi connectivity index (χ4v) is 3.29. The maximum Gasteiger partial charge on any atom is 0.253 e. The molecule has 2 aromatic carbocycles. The molecule has 2 amide bonds. The Labute approximate surface area is 170 Å². The highest BCUT2D eigenvalue weighted by Gasteiger charge is 2.23. The van der Waals surface area contributed by atoms with E-state index in [1.54, 1.807) is 41.3 Å². The molecule has 0 radical (unpaired) electrons. The second-order valence-electron chi connectivity index (χ2n) is 6.46. The zero-order valence-corrected chi connectivity index (χ0v) is 16.5. The molecule has 0 bridgehead atoms. The number of nitrogens with two attached hydrogens (primary N) is 1. The summed E-state index contributed by atoms with van der Waals surface area (Å²) in [5.74, 6) is 0.0344. The van der Waals surface area contributed by atoms with E-state index in [4.69, 9.17) is 17.3 Å². The quantitative estimate of drug-likeness (QED) is 0.793. The number of rotatable bonds is 3. The summed E-state index contributed by atoms with van der Waals surface area (Å²) in [6.07, 6.45) is 1.11. The third-order valence-corrected chi connectivity index (χ3v) is 4.78. The molecule has 1 aliphatic heterocycles. The second kappa shape index (κ2) is 9.62. The van der Waals surface area contributed by atoms with Gasteiger partial charge in [0.2, 0.25) is 5.91 Å². The van der Waals surface area contributed by atoms with Crippen molar-refractivity contribution >= 4 is 41.5 Å². The number of halogens is 2. The highest BCUT2D eigenvalue weighted by atomic mass is 35.5. The van der Waals surface area contributed by atoms with Crippen LogP contribution in [0.4, 0.5) is 5.69 Å². The number of anilines is 1. The van der Waals surface area contributed by atoms with Crippen LogP contribution in [0.25, 0.3) is 0 Å². The van der Waals surface area contributed by atoms with Gasteiger partial charge in [-0.25, -0.2) is 0 Å². The Morgan fingerprint density at radius 3 is 2.33 bits per heavy atom. The minimum atomic E-state index is -0.0414. The predicted octanol–water partition coefficient (Wildman–Crippen LogP) is 3.26. The van der Waals surface area contributed by atoms with Gasteiger partial charge in [0.05, 0.1) is 6.42 Å². The number of hydrogen-bond acceptors (Lipinski definition) is 3. The lowest BCUT2D eigenvalue weighted by Gasteiger charge is -2.22. The van der Waals surface area contributed by atoms with Gasteiger partial charge in [-0.05, 0) is 42.3 Å². The van der Waals surface area contributed by atoms with Gasteiger partial charge in [-0.3, -0.25) is 9.59 Å². The molecule has 1 saturated heterocycles. The summed E-state index contributed by atoms with van der Waals surface area (Å²) in [6.45, 7) is 2.36. The zero-order valence-electron chi connectivity index (χ0n) is 14.9. The number of hydrogen-bond donors (Lipinski definition) is 1. The monoisotopic (exact) mass is 407 g/mol. The summed E-state index contributed by atoms with van der Waals surface area (Å²) in [5, 5.41) is 0.547. The van der Waals surface area contributed by atoms with Crippen molar-refractivity contribution in [3.8, 4) is 0 Å². The van der Waals surface area contributed by atoms with Crippen LogP contribution in [0.2, 0.25) is 5.02 Å². The van der Waals surface area contributed by atoms with E-state index < -0.39 is 0 Å². The minimum Gasteiger partial charge on any atom is -0.399 e. The first-order chi connectivity index (χ1) is 12.5. The number of carbonyl (C=O) groups excluding carboxylic acids is 2. The van der Waals surface area contributed by atoms with Crippen LogP contribution in [0.15, 0.2) is 48.5 Å². The van der Waals surface area contributed by atoms with Gasteiger partial charge in [-0.2, -0.15) is 0 Å². The summed E-state index contributed by atoms with van der Waals surface area (Å²) in [4.78, 5) is 28.9. The van der Waals surface area contributed by atoms with Gasteiger partial charge in [-0.1, -0.05) is 29.8 Å². The Balaban J connectivity index is 0.00000261. The Hall–Kier alpha value is -2.24.